The lowest BCUT2D eigenvalue weighted by molar-refractivity contribution is -0.139. The van der Waals surface area contributed by atoms with Crippen LogP contribution < -0.4 is 0 Å². The first-order valence-corrected chi connectivity index (χ1v) is 6.43. The van der Waals surface area contributed by atoms with Crippen LogP contribution in [-0.4, -0.2) is 18.1 Å². The highest BCUT2D eigenvalue weighted by atomic mass is 16.5. The second-order valence-corrected chi connectivity index (χ2v) is 5.03. The highest BCUT2D eigenvalue weighted by Gasteiger charge is 2.25. The standard InChI is InChI=1S/C15H17NO2/c1-18-15(17)9-12-11-4-2-3-5-13(11)16-14(12)8-10-6-7-10/h2-5,10,16H,6-9H2,1H3. The summed E-state index contributed by atoms with van der Waals surface area (Å²) in [5.74, 6) is 0.631. The number of carbonyl (C=O) groups excluding carboxylic acids is 1. The lowest BCUT2D eigenvalue weighted by Gasteiger charge is -2.03. The van der Waals surface area contributed by atoms with Gasteiger partial charge in [0, 0.05) is 16.6 Å². The fraction of sp³-hybridized carbons (Fsp3) is 0.400. The van der Waals surface area contributed by atoms with Gasteiger partial charge in [0.1, 0.15) is 0 Å². The Balaban J connectivity index is 2.01. The van der Waals surface area contributed by atoms with Crippen LogP contribution in [0.5, 0.6) is 0 Å². The summed E-state index contributed by atoms with van der Waals surface area (Å²) in [7, 11) is 1.44. The van der Waals surface area contributed by atoms with Gasteiger partial charge in [-0.15, -0.1) is 0 Å². The van der Waals surface area contributed by atoms with Gasteiger partial charge in [0.15, 0.2) is 0 Å². The van der Waals surface area contributed by atoms with Crippen molar-refractivity contribution in [3.05, 3.63) is 35.5 Å². The minimum atomic E-state index is -0.170. The van der Waals surface area contributed by atoms with E-state index in [0.29, 0.717) is 6.42 Å². The minimum absolute atomic E-state index is 0.170. The van der Waals surface area contributed by atoms with Gasteiger partial charge < -0.3 is 9.72 Å². The summed E-state index contributed by atoms with van der Waals surface area (Å²) >= 11 is 0. The topological polar surface area (TPSA) is 42.1 Å². The molecule has 1 heterocycles. The van der Waals surface area contributed by atoms with E-state index < -0.39 is 0 Å². The predicted molar refractivity (Wildman–Crippen MR) is 70.4 cm³/mol. The number of fused-ring (bicyclic) bond motifs is 1. The number of H-pyrrole nitrogens is 1. The van der Waals surface area contributed by atoms with Crippen molar-refractivity contribution >= 4 is 16.9 Å². The van der Waals surface area contributed by atoms with E-state index in [1.165, 1.54) is 25.6 Å². The molecule has 1 fully saturated rings. The van der Waals surface area contributed by atoms with Crippen molar-refractivity contribution in [2.75, 3.05) is 7.11 Å². The maximum Gasteiger partial charge on any atom is 0.310 e. The first kappa shape index (κ1) is 11.3. The molecule has 1 N–H and O–H groups in total. The first-order valence-electron chi connectivity index (χ1n) is 6.43. The molecular formula is C15H17NO2. The zero-order chi connectivity index (χ0) is 12.5. The summed E-state index contributed by atoms with van der Waals surface area (Å²) in [6.45, 7) is 0. The minimum Gasteiger partial charge on any atom is -0.469 e. The number of nitrogens with one attached hydrogen (secondary N) is 1. The second kappa shape index (κ2) is 4.48. The number of benzene rings is 1. The number of ether oxygens (including phenoxy) is 1. The molecule has 2 aromatic rings. The summed E-state index contributed by atoms with van der Waals surface area (Å²) in [5, 5.41) is 1.15. The van der Waals surface area contributed by atoms with E-state index >= 15 is 0 Å². The van der Waals surface area contributed by atoms with Gasteiger partial charge >= 0.3 is 5.97 Å². The van der Waals surface area contributed by atoms with E-state index in [1.807, 2.05) is 12.1 Å². The average Bonchev–Trinajstić information content (AvgIpc) is 3.13. The number of carbonyl (C=O) groups is 1. The summed E-state index contributed by atoms with van der Waals surface area (Å²) in [4.78, 5) is 15.0. The van der Waals surface area contributed by atoms with Crippen molar-refractivity contribution in [1.82, 2.24) is 4.98 Å². The molecule has 0 aliphatic heterocycles. The molecule has 94 valence electrons. The number of para-hydroxylation sites is 1. The summed E-state index contributed by atoms with van der Waals surface area (Å²) in [5.41, 5.74) is 3.44. The number of methoxy groups -OCH3 is 1. The number of hydrogen-bond donors (Lipinski definition) is 1. The van der Waals surface area contributed by atoms with Crippen LogP contribution in [0, 0.1) is 5.92 Å². The lowest BCUT2D eigenvalue weighted by atomic mass is 10.0. The molecule has 0 unspecified atom stereocenters. The Morgan fingerprint density at radius 3 is 2.89 bits per heavy atom. The van der Waals surface area contributed by atoms with Gasteiger partial charge in [-0.05, 0) is 36.8 Å². The Morgan fingerprint density at radius 1 is 1.39 bits per heavy atom. The van der Waals surface area contributed by atoms with E-state index in [0.717, 1.165) is 28.8 Å². The molecule has 0 spiro atoms. The van der Waals surface area contributed by atoms with Crippen molar-refractivity contribution < 1.29 is 9.53 Å². The van der Waals surface area contributed by atoms with Crippen LogP contribution in [0.3, 0.4) is 0 Å². The van der Waals surface area contributed by atoms with Crippen LogP contribution in [0.15, 0.2) is 24.3 Å². The fourth-order valence-corrected chi connectivity index (χ4v) is 2.46. The Hall–Kier alpha value is -1.77. The van der Waals surface area contributed by atoms with Crippen LogP contribution in [0.1, 0.15) is 24.1 Å². The van der Waals surface area contributed by atoms with E-state index in [9.17, 15) is 4.79 Å². The van der Waals surface area contributed by atoms with Crippen molar-refractivity contribution in [2.45, 2.75) is 25.7 Å². The third-order valence-corrected chi connectivity index (χ3v) is 3.64. The summed E-state index contributed by atoms with van der Waals surface area (Å²) in [6, 6.07) is 8.16. The maximum absolute atomic E-state index is 11.5. The summed E-state index contributed by atoms with van der Waals surface area (Å²) in [6.07, 6.45) is 4.05. The third kappa shape index (κ3) is 2.13. The molecule has 1 aliphatic carbocycles. The summed E-state index contributed by atoms with van der Waals surface area (Å²) < 4.78 is 4.80. The second-order valence-electron chi connectivity index (χ2n) is 5.03. The molecule has 1 aliphatic rings. The van der Waals surface area contributed by atoms with Crippen LogP contribution in [-0.2, 0) is 22.4 Å². The molecule has 0 saturated heterocycles. The van der Waals surface area contributed by atoms with Gasteiger partial charge in [0.05, 0.1) is 13.5 Å². The number of aromatic nitrogens is 1. The van der Waals surface area contributed by atoms with E-state index in [4.69, 9.17) is 4.74 Å². The van der Waals surface area contributed by atoms with Crippen LogP contribution in [0.2, 0.25) is 0 Å². The normalized spacial score (nSPS) is 14.9. The third-order valence-electron chi connectivity index (χ3n) is 3.64. The fourth-order valence-electron chi connectivity index (χ4n) is 2.46. The molecular weight excluding hydrogens is 226 g/mol. The smallest absolute Gasteiger partial charge is 0.310 e. The Kier molecular flexibility index (Phi) is 2.82. The average molecular weight is 243 g/mol. The van der Waals surface area contributed by atoms with Gasteiger partial charge in [-0.25, -0.2) is 0 Å². The molecule has 0 radical (unpaired) electrons. The zero-order valence-corrected chi connectivity index (χ0v) is 10.5. The van der Waals surface area contributed by atoms with Crippen LogP contribution in [0.25, 0.3) is 10.9 Å². The van der Waals surface area contributed by atoms with Gasteiger partial charge in [0.25, 0.3) is 0 Å². The Labute approximate surface area is 106 Å². The monoisotopic (exact) mass is 243 g/mol. The predicted octanol–water partition coefficient (Wildman–Crippen LogP) is 2.84. The molecule has 1 aromatic carbocycles. The maximum atomic E-state index is 11.5. The van der Waals surface area contributed by atoms with Gasteiger partial charge in [-0.3, -0.25) is 4.79 Å². The van der Waals surface area contributed by atoms with Crippen molar-refractivity contribution in [1.29, 1.82) is 0 Å². The van der Waals surface area contributed by atoms with Gasteiger partial charge in [-0.2, -0.15) is 0 Å². The molecule has 3 rings (SSSR count). The molecule has 3 heteroatoms. The Morgan fingerprint density at radius 2 is 2.17 bits per heavy atom. The van der Waals surface area contributed by atoms with Crippen LogP contribution >= 0.6 is 0 Å². The Bertz CT molecular complexity index is 581. The van der Waals surface area contributed by atoms with E-state index in [1.54, 1.807) is 0 Å². The van der Waals surface area contributed by atoms with Crippen molar-refractivity contribution in [3.63, 3.8) is 0 Å². The number of rotatable bonds is 4. The number of aromatic amines is 1. The largest absolute Gasteiger partial charge is 0.469 e. The first-order chi connectivity index (χ1) is 8.78. The molecule has 1 saturated carbocycles. The molecule has 0 amide bonds. The highest BCUT2D eigenvalue weighted by Crippen LogP contribution is 2.35. The molecule has 1 aromatic heterocycles. The van der Waals surface area contributed by atoms with Crippen molar-refractivity contribution in [2.24, 2.45) is 5.92 Å². The van der Waals surface area contributed by atoms with Crippen molar-refractivity contribution in [3.8, 4) is 0 Å². The molecule has 0 atom stereocenters. The van der Waals surface area contributed by atoms with Crippen LogP contribution in [0.4, 0.5) is 0 Å². The highest BCUT2D eigenvalue weighted by molar-refractivity contribution is 5.88. The van der Waals surface area contributed by atoms with E-state index in [2.05, 4.69) is 17.1 Å². The number of esters is 1. The molecule has 3 nitrogen and oxygen atoms in total. The molecule has 0 bridgehead atoms. The van der Waals surface area contributed by atoms with Gasteiger partial charge in [0.2, 0.25) is 0 Å². The van der Waals surface area contributed by atoms with E-state index in [-0.39, 0.29) is 5.97 Å². The number of hydrogen-bond acceptors (Lipinski definition) is 2. The SMILES string of the molecule is COC(=O)Cc1c(CC2CC2)[nH]c2ccccc12. The quantitative estimate of drug-likeness (QED) is 0.839. The van der Waals surface area contributed by atoms with Gasteiger partial charge in [-0.1, -0.05) is 18.2 Å². The molecule has 18 heavy (non-hydrogen) atoms. The zero-order valence-electron chi connectivity index (χ0n) is 10.5. The lowest BCUT2D eigenvalue weighted by Crippen LogP contribution is -2.06.